The molecular weight excluding hydrogens is 194 g/mol. The lowest BCUT2D eigenvalue weighted by Gasteiger charge is -2.26. The molecule has 0 radical (unpaired) electrons. The van der Waals surface area contributed by atoms with Crippen molar-refractivity contribution in [2.45, 2.75) is 18.9 Å². The minimum absolute atomic E-state index is 0.101. The molecule has 2 aliphatic carbocycles. The highest BCUT2D eigenvalue weighted by Gasteiger charge is 2.64. The number of hydrogen-bond donors (Lipinski definition) is 0. The minimum Gasteiger partial charge on any atom is -0.462 e. The molecule has 3 aliphatic rings. The average molecular weight is 209 g/mol. The van der Waals surface area contributed by atoms with Crippen molar-refractivity contribution in [3.63, 3.8) is 0 Å². The van der Waals surface area contributed by atoms with Crippen LogP contribution in [-0.4, -0.2) is 37.0 Å². The molecule has 1 saturated heterocycles. The van der Waals surface area contributed by atoms with Crippen molar-refractivity contribution in [2.75, 3.05) is 14.1 Å². The van der Waals surface area contributed by atoms with Crippen molar-refractivity contribution < 1.29 is 14.3 Å². The first kappa shape index (κ1) is 9.19. The molecule has 4 heteroatoms. The van der Waals surface area contributed by atoms with E-state index in [0.717, 1.165) is 12.8 Å². The Kier molecular flexibility index (Phi) is 1.68. The molecule has 0 spiro atoms. The van der Waals surface area contributed by atoms with E-state index in [1.165, 1.54) is 0 Å². The molecule has 2 saturated carbocycles. The lowest BCUT2D eigenvalue weighted by molar-refractivity contribution is -0.147. The number of amides is 1. The number of nitrogens with zero attached hydrogens (tertiary/aromatic N) is 1. The first-order chi connectivity index (χ1) is 7.09. The molecule has 5 atom stereocenters. The number of hydrogen-bond acceptors (Lipinski definition) is 3. The zero-order valence-electron chi connectivity index (χ0n) is 8.97. The molecule has 1 heterocycles. The van der Waals surface area contributed by atoms with E-state index in [4.69, 9.17) is 4.74 Å². The first-order valence-corrected chi connectivity index (χ1v) is 5.51. The molecule has 0 aromatic carbocycles. The highest BCUT2D eigenvalue weighted by atomic mass is 16.6. The van der Waals surface area contributed by atoms with Crippen LogP contribution in [0.2, 0.25) is 0 Å². The summed E-state index contributed by atoms with van der Waals surface area (Å²) in [6.07, 6.45) is 2.03. The molecule has 82 valence electrons. The van der Waals surface area contributed by atoms with E-state index in [1.807, 2.05) is 0 Å². The van der Waals surface area contributed by atoms with E-state index < -0.39 is 0 Å². The summed E-state index contributed by atoms with van der Waals surface area (Å²) in [5, 5.41) is 0. The van der Waals surface area contributed by atoms with Crippen LogP contribution >= 0.6 is 0 Å². The molecule has 0 aromatic rings. The van der Waals surface area contributed by atoms with Crippen LogP contribution in [0.15, 0.2) is 0 Å². The van der Waals surface area contributed by atoms with Gasteiger partial charge in [-0.05, 0) is 18.8 Å². The van der Waals surface area contributed by atoms with Crippen molar-refractivity contribution in [1.82, 2.24) is 4.90 Å². The monoisotopic (exact) mass is 209 g/mol. The van der Waals surface area contributed by atoms with Gasteiger partial charge in [0.05, 0.1) is 11.8 Å². The van der Waals surface area contributed by atoms with E-state index in [9.17, 15) is 9.59 Å². The lowest BCUT2D eigenvalue weighted by Crippen LogP contribution is -2.39. The van der Waals surface area contributed by atoms with E-state index in [2.05, 4.69) is 0 Å². The maximum Gasteiger partial charge on any atom is 0.310 e. The van der Waals surface area contributed by atoms with Crippen molar-refractivity contribution in [2.24, 2.45) is 23.7 Å². The van der Waals surface area contributed by atoms with Gasteiger partial charge in [0.15, 0.2) is 0 Å². The quantitative estimate of drug-likeness (QED) is 0.582. The predicted molar refractivity (Wildman–Crippen MR) is 51.8 cm³/mol. The summed E-state index contributed by atoms with van der Waals surface area (Å²) in [5.74, 6) is 0.442. The Labute approximate surface area is 88.6 Å². The Hall–Kier alpha value is -1.06. The van der Waals surface area contributed by atoms with Gasteiger partial charge in [0.25, 0.3) is 0 Å². The number of carbonyl (C=O) groups is 2. The number of fused-ring (bicyclic) bond motifs is 1. The predicted octanol–water partition coefficient (Wildman–Crippen LogP) is 0.272. The molecule has 0 N–H and O–H groups in total. The second kappa shape index (κ2) is 2.74. The summed E-state index contributed by atoms with van der Waals surface area (Å²) in [7, 11) is 3.51. The Bertz CT molecular complexity index is 337. The minimum atomic E-state index is -0.136. The summed E-state index contributed by atoms with van der Waals surface area (Å²) >= 11 is 0. The molecule has 3 fully saturated rings. The number of esters is 1. The van der Waals surface area contributed by atoms with Gasteiger partial charge in [-0.25, -0.2) is 0 Å². The number of ether oxygens (including phenoxy) is 1. The Morgan fingerprint density at radius 2 is 2.13 bits per heavy atom. The Morgan fingerprint density at radius 3 is 2.80 bits per heavy atom. The Morgan fingerprint density at radius 1 is 1.40 bits per heavy atom. The van der Waals surface area contributed by atoms with Crippen LogP contribution in [0.3, 0.4) is 0 Å². The van der Waals surface area contributed by atoms with Crippen molar-refractivity contribution in [1.29, 1.82) is 0 Å². The van der Waals surface area contributed by atoms with Crippen molar-refractivity contribution in [3.05, 3.63) is 0 Å². The van der Waals surface area contributed by atoms with Gasteiger partial charge in [0, 0.05) is 20.0 Å². The van der Waals surface area contributed by atoms with Gasteiger partial charge in [0.2, 0.25) is 5.91 Å². The molecule has 1 aliphatic heterocycles. The molecule has 15 heavy (non-hydrogen) atoms. The molecule has 0 unspecified atom stereocenters. The normalized spacial score (nSPS) is 45.7. The molecular formula is C11H15NO3. The van der Waals surface area contributed by atoms with Gasteiger partial charge in [0.1, 0.15) is 6.10 Å². The van der Waals surface area contributed by atoms with Crippen molar-refractivity contribution >= 4 is 11.9 Å². The smallest absolute Gasteiger partial charge is 0.310 e. The summed E-state index contributed by atoms with van der Waals surface area (Å²) in [4.78, 5) is 25.2. The van der Waals surface area contributed by atoms with Gasteiger partial charge < -0.3 is 9.64 Å². The van der Waals surface area contributed by atoms with Gasteiger partial charge in [-0.2, -0.15) is 0 Å². The highest BCUT2D eigenvalue weighted by molar-refractivity contribution is 5.88. The van der Waals surface area contributed by atoms with Crippen LogP contribution < -0.4 is 0 Å². The van der Waals surface area contributed by atoms with Gasteiger partial charge >= 0.3 is 5.97 Å². The average Bonchev–Trinajstić information content (AvgIpc) is 2.75. The maximum absolute atomic E-state index is 12.0. The fourth-order valence-electron chi connectivity index (χ4n) is 3.64. The van der Waals surface area contributed by atoms with Crippen LogP contribution in [0.25, 0.3) is 0 Å². The summed E-state index contributed by atoms with van der Waals surface area (Å²) in [5.41, 5.74) is 0. The SMILES string of the molecule is CN(C)C(=O)[C@@H]1[C@H]2C[C@@H]3[C@@H]1C(=O)O[C@@H]3C2. The molecule has 1 amide bonds. The third-order valence-electron chi connectivity index (χ3n) is 4.21. The van der Waals surface area contributed by atoms with Crippen LogP contribution in [0.5, 0.6) is 0 Å². The summed E-state index contributed by atoms with van der Waals surface area (Å²) in [6, 6.07) is 0. The third kappa shape index (κ3) is 1.02. The van der Waals surface area contributed by atoms with Crippen molar-refractivity contribution in [3.8, 4) is 0 Å². The highest BCUT2D eigenvalue weighted by Crippen LogP contribution is 2.57. The van der Waals surface area contributed by atoms with E-state index >= 15 is 0 Å². The van der Waals surface area contributed by atoms with Crippen LogP contribution in [0.4, 0.5) is 0 Å². The fourth-order valence-corrected chi connectivity index (χ4v) is 3.64. The zero-order chi connectivity index (χ0) is 10.7. The van der Waals surface area contributed by atoms with Gasteiger partial charge in [-0.15, -0.1) is 0 Å². The van der Waals surface area contributed by atoms with Crippen LogP contribution in [0.1, 0.15) is 12.8 Å². The van der Waals surface area contributed by atoms with E-state index in [-0.39, 0.29) is 29.8 Å². The molecule has 0 aromatic heterocycles. The zero-order valence-corrected chi connectivity index (χ0v) is 8.97. The second-order valence-corrected chi connectivity index (χ2v) is 5.15. The number of carbonyl (C=O) groups excluding carboxylic acids is 2. The second-order valence-electron chi connectivity index (χ2n) is 5.15. The van der Waals surface area contributed by atoms with Crippen LogP contribution in [0, 0.1) is 23.7 Å². The first-order valence-electron chi connectivity index (χ1n) is 5.51. The number of rotatable bonds is 1. The maximum atomic E-state index is 12.0. The fraction of sp³-hybridized carbons (Fsp3) is 0.818. The third-order valence-corrected chi connectivity index (χ3v) is 4.21. The molecule has 4 nitrogen and oxygen atoms in total. The largest absolute Gasteiger partial charge is 0.462 e. The molecule has 2 bridgehead atoms. The standard InChI is InChI=1S/C11H15NO3/c1-12(2)10(13)8-5-3-6-7(4-5)15-11(14)9(6)8/h5-9H,3-4H2,1-2H3/t5-,6-,7+,8+,9-/m0/s1. The van der Waals surface area contributed by atoms with E-state index in [0.29, 0.717) is 11.8 Å². The Balaban J connectivity index is 1.92. The van der Waals surface area contributed by atoms with E-state index in [1.54, 1.807) is 19.0 Å². The lowest BCUT2D eigenvalue weighted by atomic mass is 9.79. The van der Waals surface area contributed by atoms with Crippen LogP contribution in [-0.2, 0) is 14.3 Å². The molecule has 3 rings (SSSR count). The van der Waals surface area contributed by atoms with Gasteiger partial charge in [-0.3, -0.25) is 9.59 Å². The topological polar surface area (TPSA) is 46.6 Å². The summed E-state index contributed by atoms with van der Waals surface area (Å²) < 4.78 is 5.29. The summed E-state index contributed by atoms with van der Waals surface area (Å²) in [6.45, 7) is 0. The van der Waals surface area contributed by atoms with Gasteiger partial charge in [-0.1, -0.05) is 0 Å².